The van der Waals surface area contributed by atoms with Crippen LogP contribution in [0.3, 0.4) is 0 Å². The molecule has 1 aliphatic rings. The third kappa shape index (κ3) is 3.45. The zero-order chi connectivity index (χ0) is 12.1. The molecule has 2 rings (SSSR count). The molecule has 3 nitrogen and oxygen atoms in total. The summed E-state index contributed by atoms with van der Waals surface area (Å²) in [5.41, 5.74) is 1.64. The van der Waals surface area contributed by atoms with Crippen molar-refractivity contribution in [3.63, 3.8) is 0 Å². The van der Waals surface area contributed by atoms with Crippen LogP contribution >= 0.6 is 11.6 Å². The smallest absolute Gasteiger partial charge is 0.251 e. The summed E-state index contributed by atoms with van der Waals surface area (Å²) in [7, 11) is 0. The van der Waals surface area contributed by atoms with Crippen molar-refractivity contribution in [2.45, 2.75) is 24.8 Å². The molecule has 0 radical (unpaired) electrons. The van der Waals surface area contributed by atoms with Crippen molar-refractivity contribution in [3.05, 3.63) is 35.4 Å². The Kier molecular flexibility index (Phi) is 4.40. The minimum atomic E-state index is -0.0242. The number of benzene rings is 1. The Hall–Kier alpha value is -1.06. The van der Waals surface area contributed by atoms with Crippen LogP contribution in [-0.2, 0) is 10.6 Å². The van der Waals surface area contributed by atoms with Crippen molar-refractivity contribution in [3.8, 4) is 0 Å². The second-order valence-electron chi connectivity index (χ2n) is 4.19. The summed E-state index contributed by atoms with van der Waals surface area (Å²) in [6.45, 7) is 1.46. The molecule has 4 heteroatoms. The SMILES string of the molecule is O=C(NC1CCOCC1)c1cccc(CCl)c1. The van der Waals surface area contributed by atoms with Gasteiger partial charge in [-0.3, -0.25) is 4.79 Å². The zero-order valence-electron chi connectivity index (χ0n) is 9.62. The van der Waals surface area contributed by atoms with Crippen molar-refractivity contribution < 1.29 is 9.53 Å². The number of alkyl halides is 1. The van der Waals surface area contributed by atoms with Gasteiger partial charge in [-0.2, -0.15) is 0 Å². The summed E-state index contributed by atoms with van der Waals surface area (Å²) in [5.74, 6) is 0.405. The van der Waals surface area contributed by atoms with E-state index in [-0.39, 0.29) is 11.9 Å². The van der Waals surface area contributed by atoms with Gasteiger partial charge in [0.2, 0.25) is 0 Å². The van der Waals surface area contributed by atoms with Crippen molar-refractivity contribution in [1.82, 2.24) is 5.32 Å². The Labute approximate surface area is 106 Å². The second kappa shape index (κ2) is 6.03. The highest BCUT2D eigenvalue weighted by molar-refractivity contribution is 6.17. The molecule has 0 spiro atoms. The highest BCUT2D eigenvalue weighted by Gasteiger charge is 2.16. The molecular weight excluding hydrogens is 238 g/mol. The minimum absolute atomic E-state index is 0.0242. The molecule has 0 saturated carbocycles. The molecule has 1 N–H and O–H groups in total. The van der Waals surface area contributed by atoms with Gasteiger partial charge < -0.3 is 10.1 Å². The average molecular weight is 254 g/mol. The van der Waals surface area contributed by atoms with E-state index in [0.29, 0.717) is 11.4 Å². The maximum atomic E-state index is 12.0. The molecule has 1 aromatic rings. The molecule has 1 heterocycles. The van der Waals surface area contributed by atoms with Gasteiger partial charge in [0, 0.05) is 30.7 Å². The van der Waals surface area contributed by atoms with Crippen LogP contribution in [0.1, 0.15) is 28.8 Å². The summed E-state index contributed by atoms with van der Waals surface area (Å²) in [4.78, 5) is 12.0. The first kappa shape index (κ1) is 12.4. The molecule has 92 valence electrons. The summed E-state index contributed by atoms with van der Waals surface area (Å²) in [6.07, 6.45) is 1.78. The van der Waals surface area contributed by atoms with E-state index in [1.54, 1.807) is 0 Å². The lowest BCUT2D eigenvalue weighted by Gasteiger charge is -2.23. The van der Waals surface area contributed by atoms with Crippen LogP contribution in [0.15, 0.2) is 24.3 Å². The number of carbonyl (C=O) groups excluding carboxylic acids is 1. The highest BCUT2D eigenvalue weighted by atomic mass is 35.5. The number of nitrogens with one attached hydrogen (secondary N) is 1. The van der Waals surface area contributed by atoms with E-state index in [1.807, 2.05) is 24.3 Å². The van der Waals surface area contributed by atoms with E-state index in [9.17, 15) is 4.79 Å². The molecule has 1 aliphatic heterocycles. The molecule has 1 fully saturated rings. The Balaban J connectivity index is 1.98. The molecule has 0 atom stereocenters. The average Bonchev–Trinajstić information content (AvgIpc) is 2.40. The minimum Gasteiger partial charge on any atom is -0.381 e. The molecule has 0 aliphatic carbocycles. The van der Waals surface area contributed by atoms with Crippen LogP contribution in [0.4, 0.5) is 0 Å². The van der Waals surface area contributed by atoms with Gasteiger partial charge in [0.05, 0.1) is 0 Å². The van der Waals surface area contributed by atoms with Gasteiger partial charge in [-0.05, 0) is 30.5 Å². The summed E-state index contributed by atoms with van der Waals surface area (Å²) in [5, 5.41) is 3.02. The number of ether oxygens (including phenoxy) is 1. The quantitative estimate of drug-likeness (QED) is 0.840. The van der Waals surface area contributed by atoms with E-state index in [2.05, 4.69) is 5.32 Å². The molecular formula is C13H16ClNO2. The third-order valence-corrected chi connectivity index (χ3v) is 3.21. The fourth-order valence-corrected chi connectivity index (χ4v) is 2.07. The molecule has 1 saturated heterocycles. The van der Waals surface area contributed by atoms with Crippen LogP contribution in [0.5, 0.6) is 0 Å². The van der Waals surface area contributed by atoms with E-state index in [1.165, 1.54) is 0 Å². The third-order valence-electron chi connectivity index (χ3n) is 2.90. The Morgan fingerprint density at radius 1 is 1.41 bits per heavy atom. The second-order valence-corrected chi connectivity index (χ2v) is 4.46. The Morgan fingerprint density at radius 3 is 2.88 bits per heavy atom. The van der Waals surface area contributed by atoms with Crippen LogP contribution < -0.4 is 5.32 Å². The number of rotatable bonds is 3. The van der Waals surface area contributed by atoms with Crippen molar-refractivity contribution in [2.75, 3.05) is 13.2 Å². The van der Waals surface area contributed by atoms with Gasteiger partial charge in [0.1, 0.15) is 0 Å². The van der Waals surface area contributed by atoms with E-state index >= 15 is 0 Å². The predicted octanol–water partition coefficient (Wildman–Crippen LogP) is 2.33. The first-order valence-electron chi connectivity index (χ1n) is 5.83. The van der Waals surface area contributed by atoms with Gasteiger partial charge in [-0.1, -0.05) is 12.1 Å². The molecule has 17 heavy (non-hydrogen) atoms. The van der Waals surface area contributed by atoms with Crippen LogP contribution in [0.25, 0.3) is 0 Å². The van der Waals surface area contributed by atoms with Gasteiger partial charge >= 0.3 is 0 Å². The largest absolute Gasteiger partial charge is 0.381 e. The van der Waals surface area contributed by atoms with Gasteiger partial charge in [0.25, 0.3) is 5.91 Å². The van der Waals surface area contributed by atoms with Gasteiger partial charge in [0.15, 0.2) is 0 Å². The fraction of sp³-hybridized carbons (Fsp3) is 0.462. The number of hydrogen-bond acceptors (Lipinski definition) is 2. The van der Waals surface area contributed by atoms with Crippen molar-refractivity contribution >= 4 is 17.5 Å². The number of hydrogen-bond donors (Lipinski definition) is 1. The first-order chi connectivity index (χ1) is 8.29. The lowest BCUT2D eigenvalue weighted by Crippen LogP contribution is -2.38. The van der Waals surface area contributed by atoms with Crippen LogP contribution in [-0.4, -0.2) is 25.2 Å². The standard InChI is InChI=1S/C13H16ClNO2/c14-9-10-2-1-3-11(8-10)13(16)15-12-4-6-17-7-5-12/h1-3,8,12H,4-7,9H2,(H,15,16). The lowest BCUT2D eigenvalue weighted by atomic mass is 10.1. The molecule has 0 unspecified atom stereocenters. The highest BCUT2D eigenvalue weighted by Crippen LogP contribution is 2.10. The monoisotopic (exact) mass is 253 g/mol. The number of carbonyl (C=O) groups is 1. The van der Waals surface area contributed by atoms with Crippen LogP contribution in [0.2, 0.25) is 0 Å². The Morgan fingerprint density at radius 2 is 2.18 bits per heavy atom. The maximum Gasteiger partial charge on any atom is 0.251 e. The molecule has 0 aromatic heterocycles. The van der Waals surface area contributed by atoms with Crippen molar-refractivity contribution in [2.24, 2.45) is 0 Å². The normalized spacial score (nSPS) is 16.8. The fourth-order valence-electron chi connectivity index (χ4n) is 1.91. The number of amides is 1. The predicted molar refractivity (Wildman–Crippen MR) is 67.3 cm³/mol. The van der Waals surface area contributed by atoms with Crippen LogP contribution in [0, 0.1) is 0 Å². The molecule has 0 bridgehead atoms. The topological polar surface area (TPSA) is 38.3 Å². The van der Waals surface area contributed by atoms with Gasteiger partial charge in [-0.25, -0.2) is 0 Å². The summed E-state index contributed by atoms with van der Waals surface area (Å²) < 4.78 is 5.25. The molecule has 1 aromatic carbocycles. The van der Waals surface area contributed by atoms with E-state index in [4.69, 9.17) is 16.3 Å². The van der Waals surface area contributed by atoms with Crippen molar-refractivity contribution in [1.29, 1.82) is 0 Å². The summed E-state index contributed by atoms with van der Waals surface area (Å²) >= 11 is 5.75. The maximum absolute atomic E-state index is 12.0. The van der Waals surface area contributed by atoms with E-state index in [0.717, 1.165) is 31.6 Å². The summed E-state index contributed by atoms with van der Waals surface area (Å²) in [6, 6.07) is 7.65. The number of halogens is 1. The van der Waals surface area contributed by atoms with Gasteiger partial charge in [-0.15, -0.1) is 11.6 Å². The Bertz CT molecular complexity index is 389. The first-order valence-corrected chi connectivity index (χ1v) is 6.36. The lowest BCUT2D eigenvalue weighted by molar-refractivity contribution is 0.0696. The zero-order valence-corrected chi connectivity index (χ0v) is 10.4. The van der Waals surface area contributed by atoms with E-state index < -0.39 is 0 Å². The molecule has 1 amide bonds.